The standard InChI is InChI=1S/C17H18FNS/c1-19(2)13-12-17(14-6-4-3-5-7-14)20-16-10-8-15(18)9-11-16/h3-12H,13H2,1-2H3. The lowest BCUT2D eigenvalue weighted by Crippen LogP contribution is -2.10. The van der Waals surface area contributed by atoms with Crippen LogP contribution < -0.4 is 0 Å². The molecule has 0 bridgehead atoms. The van der Waals surface area contributed by atoms with E-state index in [0.29, 0.717) is 0 Å². The molecule has 0 fully saturated rings. The summed E-state index contributed by atoms with van der Waals surface area (Å²) >= 11 is 1.66. The first kappa shape index (κ1) is 14.8. The SMILES string of the molecule is CN(C)CC=C(Sc1ccc(F)cc1)c1ccccc1. The molecular formula is C17H18FNS. The number of nitrogens with zero attached hydrogens (tertiary/aromatic N) is 1. The molecule has 2 aromatic carbocycles. The lowest BCUT2D eigenvalue weighted by Gasteiger charge is -2.11. The summed E-state index contributed by atoms with van der Waals surface area (Å²) in [4.78, 5) is 4.35. The molecule has 0 unspecified atom stereocenters. The lowest BCUT2D eigenvalue weighted by molar-refractivity contribution is 0.457. The number of likely N-dealkylation sites (N-methyl/N-ethyl adjacent to an activating group) is 1. The first-order valence-electron chi connectivity index (χ1n) is 6.49. The highest BCUT2D eigenvalue weighted by Gasteiger charge is 2.04. The van der Waals surface area contributed by atoms with Crippen molar-refractivity contribution in [3.63, 3.8) is 0 Å². The van der Waals surface area contributed by atoms with E-state index in [0.717, 1.165) is 11.4 Å². The Morgan fingerprint density at radius 2 is 1.70 bits per heavy atom. The van der Waals surface area contributed by atoms with Gasteiger partial charge in [0.25, 0.3) is 0 Å². The Hall–Kier alpha value is -1.58. The molecule has 0 radical (unpaired) electrons. The van der Waals surface area contributed by atoms with Crippen molar-refractivity contribution in [3.05, 3.63) is 72.1 Å². The third kappa shape index (κ3) is 4.51. The topological polar surface area (TPSA) is 3.24 Å². The van der Waals surface area contributed by atoms with E-state index in [1.165, 1.54) is 22.6 Å². The van der Waals surface area contributed by atoms with E-state index in [9.17, 15) is 4.39 Å². The van der Waals surface area contributed by atoms with E-state index in [2.05, 4.69) is 23.1 Å². The summed E-state index contributed by atoms with van der Waals surface area (Å²) in [5.41, 5.74) is 1.18. The first-order chi connectivity index (χ1) is 9.65. The average Bonchev–Trinajstić information content (AvgIpc) is 2.46. The molecule has 0 spiro atoms. The molecule has 2 rings (SSSR count). The summed E-state index contributed by atoms with van der Waals surface area (Å²) in [6, 6.07) is 16.9. The van der Waals surface area contributed by atoms with Crippen molar-refractivity contribution in [2.24, 2.45) is 0 Å². The molecule has 0 amide bonds. The van der Waals surface area contributed by atoms with Gasteiger partial charge in [-0.05, 0) is 43.9 Å². The van der Waals surface area contributed by atoms with Crippen molar-refractivity contribution in [1.82, 2.24) is 4.90 Å². The van der Waals surface area contributed by atoms with Gasteiger partial charge in [-0.25, -0.2) is 4.39 Å². The van der Waals surface area contributed by atoms with Crippen LogP contribution in [0.2, 0.25) is 0 Å². The monoisotopic (exact) mass is 287 g/mol. The van der Waals surface area contributed by atoms with Gasteiger partial charge in [0.2, 0.25) is 0 Å². The van der Waals surface area contributed by atoms with Crippen LogP contribution in [-0.2, 0) is 0 Å². The number of hydrogen-bond acceptors (Lipinski definition) is 2. The van der Waals surface area contributed by atoms with E-state index in [1.54, 1.807) is 11.8 Å². The third-order valence-corrected chi connectivity index (χ3v) is 3.87. The molecule has 3 heteroatoms. The van der Waals surface area contributed by atoms with Crippen molar-refractivity contribution in [3.8, 4) is 0 Å². The highest BCUT2D eigenvalue weighted by Crippen LogP contribution is 2.34. The summed E-state index contributed by atoms with van der Waals surface area (Å²) < 4.78 is 13.0. The number of thioether (sulfide) groups is 1. The van der Waals surface area contributed by atoms with Crippen molar-refractivity contribution in [1.29, 1.82) is 0 Å². The molecule has 104 valence electrons. The van der Waals surface area contributed by atoms with Crippen LogP contribution in [0, 0.1) is 5.82 Å². The van der Waals surface area contributed by atoms with E-state index in [-0.39, 0.29) is 5.82 Å². The van der Waals surface area contributed by atoms with E-state index in [4.69, 9.17) is 0 Å². The maximum absolute atomic E-state index is 13.0. The highest BCUT2D eigenvalue weighted by atomic mass is 32.2. The number of halogens is 1. The maximum atomic E-state index is 13.0. The summed E-state index contributed by atoms with van der Waals surface area (Å²) in [7, 11) is 4.09. The van der Waals surface area contributed by atoms with Gasteiger partial charge in [-0.3, -0.25) is 0 Å². The third-order valence-electron chi connectivity index (χ3n) is 2.74. The molecule has 0 aromatic heterocycles. The zero-order valence-corrected chi connectivity index (χ0v) is 12.5. The highest BCUT2D eigenvalue weighted by molar-refractivity contribution is 8.08. The predicted octanol–water partition coefficient (Wildman–Crippen LogP) is 4.52. The van der Waals surface area contributed by atoms with Gasteiger partial charge in [-0.1, -0.05) is 48.2 Å². The second-order valence-corrected chi connectivity index (χ2v) is 5.87. The first-order valence-corrected chi connectivity index (χ1v) is 7.30. The number of benzene rings is 2. The molecule has 0 aliphatic rings. The fourth-order valence-corrected chi connectivity index (χ4v) is 2.65. The van der Waals surface area contributed by atoms with Crippen LogP contribution in [0.5, 0.6) is 0 Å². The van der Waals surface area contributed by atoms with Crippen LogP contribution in [0.3, 0.4) is 0 Å². The minimum absolute atomic E-state index is 0.201. The molecule has 0 N–H and O–H groups in total. The van der Waals surface area contributed by atoms with Crippen molar-refractivity contribution in [2.75, 3.05) is 20.6 Å². The van der Waals surface area contributed by atoms with E-state index < -0.39 is 0 Å². The van der Waals surface area contributed by atoms with E-state index >= 15 is 0 Å². The number of hydrogen-bond donors (Lipinski definition) is 0. The van der Waals surface area contributed by atoms with E-state index in [1.807, 2.05) is 44.4 Å². The Balaban J connectivity index is 2.23. The van der Waals surface area contributed by atoms with Gasteiger partial charge in [-0.2, -0.15) is 0 Å². The van der Waals surface area contributed by atoms with Crippen LogP contribution in [0.4, 0.5) is 4.39 Å². The zero-order valence-electron chi connectivity index (χ0n) is 11.7. The van der Waals surface area contributed by atoms with Gasteiger partial charge < -0.3 is 4.90 Å². The van der Waals surface area contributed by atoms with Gasteiger partial charge >= 0.3 is 0 Å². The van der Waals surface area contributed by atoms with Gasteiger partial charge in [0.15, 0.2) is 0 Å². The van der Waals surface area contributed by atoms with Crippen molar-refractivity contribution < 1.29 is 4.39 Å². The Morgan fingerprint density at radius 3 is 2.30 bits per heavy atom. The molecule has 20 heavy (non-hydrogen) atoms. The van der Waals surface area contributed by atoms with Crippen molar-refractivity contribution >= 4 is 16.7 Å². The van der Waals surface area contributed by atoms with Crippen LogP contribution in [0.1, 0.15) is 5.56 Å². The molecule has 0 saturated heterocycles. The summed E-state index contributed by atoms with van der Waals surface area (Å²) in [5, 5.41) is 0. The largest absolute Gasteiger partial charge is 0.306 e. The minimum atomic E-state index is -0.201. The second kappa shape index (κ2) is 7.27. The molecule has 1 nitrogen and oxygen atoms in total. The molecule has 0 aliphatic heterocycles. The summed E-state index contributed by atoms with van der Waals surface area (Å²) in [6.45, 7) is 0.873. The fraction of sp³-hybridized carbons (Fsp3) is 0.176. The van der Waals surface area contributed by atoms with Crippen LogP contribution in [0.15, 0.2) is 65.6 Å². The Morgan fingerprint density at radius 1 is 1.05 bits per heavy atom. The Bertz CT molecular complexity index is 561. The molecule has 0 heterocycles. The van der Waals surface area contributed by atoms with Crippen LogP contribution >= 0.6 is 11.8 Å². The van der Waals surface area contributed by atoms with Crippen LogP contribution in [0.25, 0.3) is 4.91 Å². The summed E-state index contributed by atoms with van der Waals surface area (Å²) in [6.07, 6.45) is 2.20. The average molecular weight is 287 g/mol. The summed E-state index contributed by atoms with van der Waals surface area (Å²) in [5.74, 6) is -0.201. The smallest absolute Gasteiger partial charge is 0.123 e. The van der Waals surface area contributed by atoms with Crippen molar-refractivity contribution in [2.45, 2.75) is 4.90 Å². The van der Waals surface area contributed by atoms with Crippen LogP contribution in [-0.4, -0.2) is 25.5 Å². The van der Waals surface area contributed by atoms with Gasteiger partial charge in [0.05, 0.1) is 0 Å². The maximum Gasteiger partial charge on any atom is 0.123 e. The predicted molar refractivity (Wildman–Crippen MR) is 85.2 cm³/mol. The fourth-order valence-electron chi connectivity index (χ4n) is 1.72. The van der Waals surface area contributed by atoms with Gasteiger partial charge in [-0.15, -0.1) is 0 Å². The Kier molecular flexibility index (Phi) is 5.39. The minimum Gasteiger partial charge on any atom is -0.306 e. The second-order valence-electron chi connectivity index (χ2n) is 4.75. The quantitative estimate of drug-likeness (QED) is 0.744. The normalized spacial score (nSPS) is 11.9. The lowest BCUT2D eigenvalue weighted by atomic mass is 10.2. The number of rotatable bonds is 5. The zero-order chi connectivity index (χ0) is 14.4. The molecule has 0 saturated carbocycles. The molecule has 0 atom stereocenters. The molecular weight excluding hydrogens is 269 g/mol. The van der Waals surface area contributed by atoms with Gasteiger partial charge in [0, 0.05) is 16.3 Å². The molecule has 2 aromatic rings. The van der Waals surface area contributed by atoms with Gasteiger partial charge in [0.1, 0.15) is 5.82 Å². The Labute approximate surface area is 124 Å². The molecule has 0 aliphatic carbocycles.